The Hall–Kier alpha value is -1.49. The fraction of sp³-hybridized carbons (Fsp3) is 0.267. The van der Waals surface area contributed by atoms with E-state index < -0.39 is 6.10 Å². The first kappa shape index (κ1) is 15.9. The largest absolute Gasteiger partial charge is 0.466 e. The molecule has 2 rings (SSSR count). The average molecular weight is 328 g/mol. The van der Waals surface area contributed by atoms with Gasteiger partial charge in [-0.3, -0.25) is 4.79 Å². The lowest BCUT2D eigenvalue weighted by Gasteiger charge is -2.13. The van der Waals surface area contributed by atoms with Crippen LogP contribution in [0.2, 0.25) is 10.0 Å². The normalized spacial score (nSPS) is 12.2. The van der Waals surface area contributed by atoms with Crippen LogP contribution < -0.4 is 5.32 Å². The number of carbonyl (C=O) groups excluding carboxylic acids is 1. The zero-order valence-electron chi connectivity index (χ0n) is 11.6. The summed E-state index contributed by atoms with van der Waals surface area (Å²) in [5.41, 5.74) is 1.01. The van der Waals surface area contributed by atoms with Gasteiger partial charge in [0.05, 0.1) is 11.7 Å². The number of aliphatic hydroxyl groups is 1. The lowest BCUT2D eigenvalue weighted by Crippen LogP contribution is -2.28. The van der Waals surface area contributed by atoms with Gasteiger partial charge in [-0.1, -0.05) is 23.2 Å². The maximum absolute atomic E-state index is 12.0. The molecule has 21 heavy (non-hydrogen) atoms. The molecule has 0 saturated carbocycles. The van der Waals surface area contributed by atoms with Crippen molar-refractivity contribution in [1.82, 2.24) is 5.32 Å². The van der Waals surface area contributed by atoms with Gasteiger partial charge >= 0.3 is 0 Å². The van der Waals surface area contributed by atoms with E-state index in [1.54, 1.807) is 38.1 Å². The highest BCUT2D eigenvalue weighted by molar-refractivity contribution is 6.34. The number of carbonyl (C=O) groups is 1. The Bertz CT molecular complexity index is 647. The monoisotopic (exact) mass is 327 g/mol. The van der Waals surface area contributed by atoms with Crippen molar-refractivity contribution in [2.75, 3.05) is 6.54 Å². The Morgan fingerprint density at radius 3 is 2.38 bits per heavy atom. The van der Waals surface area contributed by atoms with E-state index in [4.69, 9.17) is 27.6 Å². The molecule has 0 aliphatic heterocycles. The standard InChI is InChI=1S/C15H15Cl2NO3/c1-8-3-13(9(2)21-8)15(20)18-7-14(19)10-4-11(16)6-12(17)5-10/h3-6,14,19H,7H2,1-2H3,(H,18,20). The van der Waals surface area contributed by atoms with Crippen LogP contribution in [-0.4, -0.2) is 17.6 Å². The van der Waals surface area contributed by atoms with Gasteiger partial charge in [0.15, 0.2) is 0 Å². The Morgan fingerprint density at radius 2 is 1.86 bits per heavy atom. The predicted molar refractivity (Wildman–Crippen MR) is 81.9 cm³/mol. The first-order chi connectivity index (χ1) is 9.86. The molecule has 1 aromatic heterocycles. The molecular formula is C15H15Cl2NO3. The van der Waals surface area contributed by atoms with Crippen LogP contribution in [0.1, 0.15) is 33.5 Å². The van der Waals surface area contributed by atoms with Crippen molar-refractivity contribution >= 4 is 29.1 Å². The lowest BCUT2D eigenvalue weighted by molar-refractivity contribution is 0.0915. The van der Waals surface area contributed by atoms with Crippen LogP contribution in [0, 0.1) is 13.8 Å². The van der Waals surface area contributed by atoms with Gasteiger partial charge in [0.1, 0.15) is 11.5 Å². The number of amides is 1. The minimum Gasteiger partial charge on any atom is -0.466 e. The van der Waals surface area contributed by atoms with Crippen molar-refractivity contribution < 1.29 is 14.3 Å². The molecule has 0 fully saturated rings. The molecule has 1 unspecified atom stereocenters. The minimum atomic E-state index is -0.890. The maximum Gasteiger partial charge on any atom is 0.254 e. The number of hydrogen-bond donors (Lipinski definition) is 2. The Kier molecular flexibility index (Phi) is 4.93. The number of hydrogen-bond acceptors (Lipinski definition) is 3. The van der Waals surface area contributed by atoms with Gasteiger partial charge in [-0.25, -0.2) is 0 Å². The first-order valence-electron chi connectivity index (χ1n) is 6.36. The SMILES string of the molecule is Cc1cc(C(=O)NCC(O)c2cc(Cl)cc(Cl)c2)c(C)o1. The van der Waals surface area contributed by atoms with Crippen LogP contribution in [-0.2, 0) is 0 Å². The average Bonchev–Trinajstić information content (AvgIpc) is 2.73. The molecule has 112 valence electrons. The molecule has 1 atom stereocenters. The maximum atomic E-state index is 12.0. The number of rotatable bonds is 4. The van der Waals surface area contributed by atoms with Crippen molar-refractivity contribution in [2.45, 2.75) is 20.0 Å². The van der Waals surface area contributed by atoms with E-state index in [1.165, 1.54) is 0 Å². The zero-order valence-corrected chi connectivity index (χ0v) is 13.1. The first-order valence-corrected chi connectivity index (χ1v) is 7.11. The highest BCUT2D eigenvalue weighted by Gasteiger charge is 2.16. The topological polar surface area (TPSA) is 62.5 Å². The van der Waals surface area contributed by atoms with E-state index in [-0.39, 0.29) is 12.5 Å². The summed E-state index contributed by atoms with van der Waals surface area (Å²) in [4.78, 5) is 12.0. The molecule has 0 saturated heterocycles. The third kappa shape index (κ3) is 4.00. The number of nitrogens with one attached hydrogen (secondary N) is 1. The quantitative estimate of drug-likeness (QED) is 0.900. The van der Waals surface area contributed by atoms with Crippen LogP contribution in [0.15, 0.2) is 28.7 Å². The molecule has 6 heteroatoms. The molecule has 1 aromatic carbocycles. The third-order valence-electron chi connectivity index (χ3n) is 3.01. The van der Waals surface area contributed by atoms with Crippen molar-refractivity contribution in [3.63, 3.8) is 0 Å². The van der Waals surface area contributed by atoms with Crippen molar-refractivity contribution in [3.8, 4) is 0 Å². The molecular weight excluding hydrogens is 313 g/mol. The van der Waals surface area contributed by atoms with Gasteiger partial charge in [-0.05, 0) is 43.7 Å². The van der Waals surface area contributed by atoms with Crippen molar-refractivity contribution in [3.05, 3.63) is 57.0 Å². The molecule has 2 aromatic rings. The second kappa shape index (κ2) is 6.52. The fourth-order valence-corrected chi connectivity index (χ4v) is 2.57. The lowest BCUT2D eigenvalue weighted by atomic mass is 10.1. The van der Waals surface area contributed by atoms with E-state index in [0.717, 1.165) is 0 Å². The van der Waals surface area contributed by atoms with Crippen LogP contribution in [0.5, 0.6) is 0 Å². The Morgan fingerprint density at radius 1 is 1.24 bits per heavy atom. The highest BCUT2D eigenvalue weighted by Crippen LogP contribution is 2.23. The van der Waals surface area contributed by atoms with E-state index in [2.05, 4.69) is 5.32 Å². The van der Waals surface area contributed by atoms with Crippen LogP contribution in [0.4, 0.5) is 0 Å². The van der Waals surface area contributed by atoms with Gasteiger partial charge in [0.2, 0.25) is 0 Å². The van der Waals surface area contributed by atoms with Crippen LogP contribution in [0.3, 0.4) is 0 Å². The van der Waals surface area contributed by atoms with Gasteiger partial charge in [0, 0.05) is 16.6 Å². The molecule has 0 aliphatic rings. The van der Waals surface area contributed by atoms with Gasteiger partial charge in [-0.15, -0.1) is 0 Å². The smallest absolute Gasteiger partial charge is 0.254 e. The summed E-state index contributed by atoms with van der Waals surface area (Å²) in [6, 6.07) is 6.46. The second-order valence-corrected chi connectivity index (χ2v) is 5.63. The molecule has 0 radical (unpaired) electrons. The summed E-state index contributed by atoms with van der Waals surface area (Å²) >= 11 is 11.8. The van der Waals surface area contributed by atoms with E-state index in [1.807, 2.05) is 0 Å². The molecule has 1 heterocycles. The molecule has 0 aliphatic carbocycles. The summed E-state index contributed by atoms with van der Waals surface area (Å²) in [6.45, 7) is 3.54. The second-order valence-electron chi connectivity index (χ2n) is 4.76. The molecule has 4 nitrogen and oxygen atoms in total. The number of furan rings is 1. The minimum absolute atomic E-state index is 0.0547. The molecule has 2 N–H and O–H groups in total. The summed E-state index contributed by atoms with van der Waals surface area (Å²) in [7, 11) is 0. The highest BCUT2D eigenvalue weighted by atomic mass is 35.5. The van der Waals surface area contributed by atoms with E-state index >= 15 is 0 Å². The van der Waals surface area contributed by atoms with Crippen molar-refractivity contribution in [2.24, 2.45) is 0 Å². The van der Waals surface area contributed by atoms with Crippen LogP contribution >= 0.6 is 23.2 Å². The predicted octanol–water partition coefficient (Wildman–Crippen LogP) is 3.67. The van der Waals surface area contributed by atoms with Crippen molar-refractivity contribution in [1.29, 1.82) is 0 Å². The molecule has 1 amide bonds. The summed E-state index contributed by atoms with van der Waals surface area (Å²) in [6.07, 6.45) is -0.890. The van der Waals surface area contributed by atoms with Crippen LogP contribution in [0.25, 0.3) is 0 Å². The number of halogens is 2. The fourth-order valence-electron chi connectivity index (χ4n) is 2.03. The summed E-state index contributed by atoms with van der Waals surface area (Å²) < 4.78 is 5.30. The Labute approximate surface area is 132 Å². The van der Waals surface area contributed by atoms with E-state index in [9.17, 15) is 9.90 Å². The number of benzene rings is 1. The van der Waals surface area contributed by atoms with Gasteiger partial charge in [0.25, 0.3) is 5.91 Å². The third-order valence-corrected chi connectivity index (χ3v) is 3.45. The zero-order chi connectivity index (χ0) is 15.6. The molecule has 0 spiro atoms. The molecule has 0 bridgehead atoms. The van der Waals surface area contributed by atoms with E-state index in [0.29, 0.717) is 32.7 Å². The summed E-state index contributed by atoms with van der Waals surface area (Å²) in [5, 5.41) is 13.6. The summed E-state index contributed by atoms with van der Waals surface area (Å²) in [5.74, 6) is 0.918. The Balaban J connectivity index is 2.02. The van der Waals surface area contributed by atoms with Gasteiger partial charge in [-0.2, -0.15) is 0 Å². The number of aliphatic hydroxyl groups excluding tert-OH is 1. The number of aryl methyl sites for hydroxylation is 2. The van der Waals surface area contributed by atoms with Gasteiger partial charge < -0.3 is 14.8 Å².